The van der Waals surface area contributed by atoms with Gasteiger partial charge in [0.15, 0.2) is 0 Å². The molecule has 1 heterocycles. The molecule has 1 unspecified atom stereocenters. The van der Waals surface area contributed by atoms with Crippen molar-refractivity contribution in [2.45, 2.75) is 44.0 Å². The molecule has 0 aliphatic carbocycles. The SMILES string of the molecule is Cc1cc(Br)cc(CBr)c1OCCCC1CCCO1. The van der Waals surface area contributed by atoms with Gasteiger partial charge in [-0.15, -0.1) is 0 Å². The average molecular weight is 392 g/mol. The maximum atomic E-state index is 5.97. The monoisotopic (exact) mass is 390 g/mol. The second-order valence-corrected chi connectivity index (χ2v) is 6.45. The lowest BCUT2D eigenvalue weighted by Crippen LogP contribution is -2.08. The summed E-state index contributed by atoms with van der Waals surface area (Å²) >= 11 is 7.04. The van der Waals surface area contributed by atoms with Crippen LogP contribution in [0.5, 0.6) is 5.75 Å². The van der Waals surface area contributed by atoms with Crippen molar-refractivity contribution in [1.82, 2.24) is 0 Å². The molecule has 106 valence electrons. The summed E-state index contributed by atoms with van der Waals surface area (Å²) in [5.41, 5.74) is 2.38. The number of rotatable bonds is 6. The largest absolute Gasteiger partial charge is 0.493 e. The summed E-state index contributed by atoms with van der Waals surface area (Å²) in [5.74, 6) is 1.02. The van der Waals surface area contributed by atoms with Gasteiger partial charge in [0.05, 0.1) is 12.7 Å². The molecule has 2 rings (SSSR count). The van der Waals surface area contributed by atoms with Crippen molar-refractivity contribution in [2.75, 3.05) is 13.2 Å². The van der Waals surface area contributed by atoms with Crippen LogP contribution >= 0.6 is 31.9 Å². The molecule has 0 radical (unpaired) electrons. The van der Waals surface area contributed by atoms with Gasteiger partial charge in [-0.05, 0) is 50.3 Å². The molecule has 1 fully saturated rings. The predicted octanol–water partition coefficient (Wildman–Crippen LogP) is 4.99. The van der Waals surface area contributed by atoms with Crippen molar-refractivity contribution >= 4 is 31.9 Å². The zero-order chi connectivity index (χ0) is 13.7. The summed E-state index contributed by atoms with van der Waals surface area (Å²) < 4.78 is 12.7. The maximum Gasteiger partial charge on any atom is 0.126 e. The van der Waals surface area contributed by atoms with Crippen molar-refractivity contribution in [2.24, 2.45) is 0 Å². The molecule has 4 heteroatoms. The van der Waals surface area contributed by atoms with E-state index in [4.69, 9.17) is 9.47 Å². The van der Waals surface area contributed by atoms with Crippen molar-refractivity contribution < 1.29 is 9.47 Å². The van der Waals surface area contributed by atoms with Crippen molar-refractivity contribution in [1.29, 1.82) is 0 Å². The summed E-state index contributed by atoms with van der Waals surface area (Å²) in [7, 11) is 0. The van der Waals surface area contributed by atoms with E-state index >= 15 is 0 Å². The molecule has 1 aromatic rings. The van der Waals surface area contributed by atoms with E-state index in [0.29, 0.717) is 6.10 Å². The van der Waals surface area contributed by atoms with Crippen LogP contribution in [0.2, 0.25) is 0 Å². The Morgan fingerprint density at radius 1 is 1.42 bits per heavy atom. The molecule has 0 amide bonds. The molecule has 19 heavy (non-hydrogen) atoms. The summed E-state index contributed by atoms with van der Waals surface area (Å²) in [6.07, 6.45) is 5.06. The highest BCUT2D eigenvalue weighted by Gasteiger charge is 2.15. The van der Waals surface area contributed by atoms with Crippen molar-refractivity contribution in [3.63, 3.8) is 0 Å². The topological polar surface area (TPSA) is 18.5 Å². The van der Waals surface area contributed by atoms with Gasteiger partial charge in [-0.2, -0.15) is 0 Å². The third kappa shape index (κ3) is 4.47. The van der Waals surface area contributed by atoms with Gasteiger partial charge in [0.1, 0.15) is 5.75 Å². The minimum Gasteiger partial charge on any atom is -0.493 e. The van der Waals surface area contributed by atoms with Gasteiger partial charge < -0.3 is 9.47 Å². The van der Waals surface area contributed by atoms with Crippen LogP contribution < -0.4 is 4.74 Å². The van der Waals surface area contributed by atoms with Crippen molar-refractivity contribution in [3.05, 3.63) is 27.7 Å². The summed E-state index contributed by atoms with van der Waals surface area (Å²) in [6.45, 7) is 3.79. The Balaban J connectivity index is 1.84. The Kier molecular flexibility index (Phi) is 6.17. The van der Waals surface area contributed by atoms with Crippen LogP contribution in [0.3, 0.4) is 0 Å². The van der Waals surface area contributed by atoms with Crippen LogP contribution in [-0.4, -0.2) is 19.3 Å². The minimum absolute atomic E-state index is 0.463. The predicted molar refractivity (Wildman–Crippen MR) is 85.2 cm³/mol. The van der Waals surface area contributed by atoms with Crippen LogP contribution in [0.15, 0.2) is 16.6 Å². The Bertz CT molecular complexity index is 415. The number of halogens is 2. The highest BCUT2D eigenvalue weighted by molar-refractivity contribution is 9.10. The molecule has 1 saturated heterocycles. The summed E-state index contributed by atoms with van der Waals surface area (Å²) in [5, 5.41) is 0.814. The average Bonchev–Trinajstić information content (AvgIpc) is 2.89. The number of hydrogen-bond donors (Lipinski definition) is 0. The van der Waals surface area contributed by atoms with Gasteiger partial charge in [0, 0.05) is 22.0 Å². The summed E-state index contributed by atoms with van der Waals surface area (Å²) in [6, 6.07) is 4.21. The molecular formula is C15H20Br2O2. The maximum absolute atomic E-state index is 5.97. The fourth-order valence-corrected chi connectivity index (χ4v) is 3.50. The Labute approximate surface area is 132 Å². The molecule has 0 spiro atoms. The van der Waals surface area contributed by atoms with E-state index in [0.717, 1.165) is 41.6 Å². The van der Waals surface area contributed by atoms with Gasteiger partial charge in [0.2, 0.25) is 0 Å². The van der Waals surface area contributed by atoms with E-state index in [1.807, 2.05) is 0 Å². The Morgan fingerprint density at radius 3 is 2.95 bits per heavy atom. The lowest BCUT2D eigenvalue weighted by Gasteiger charge is -2.14. The van der Waals surface area contributed by atoms with Gasteiger partial charge >= 0.3 is 0 Å². The van der Waals surface area contributed by atoms with Gasteiger partial charge in [-0.25, -0.2) is 0 Å². The van der Waals surface area contributed by atoms with E-state index in [1.165, 1.54) is 24.0 Å². The van der Waals surface area contributed by atoms with Crippen LogP contribution in [0, 0.1) is 6.92 Å². The molecule has 0 saturated carbocycles. The molecule has 1 aliphatic heterocycles. The molecule has 2 nitrogen and oxygen atoms in total. The first-order valence-electron chi connectivity index (χ1n) is 6.80. The van der Waals surface area contributed by atoms with Crippen LogP contribution in [-0.2, 0) is 10.1 Å². The first-order valence-corrected chi connectivity index (χ1v) is 8.71. The van der Waals surface area contributed by atoms with E-state index in [1.54, 1.807) is 0 Å². The first-order chi connectivity index (χ1) is 9.20. The van der Waals surface area contributed by atoms with E-state index < -0.39 is 0 Å². The molecular weight excluding hydrogens is 372 g/mol. The smallest absolute Gasteiger partial charge is 0.126 e. The second kappa shape index (κ2) is 7.65. The number of ether oxygens (including phenoxy) is 2. The fraction of sp³-hybridized carbons (Fsp3) is 0.600. The highest BCUT2D eigenvalue weighted by Crippen LogP contribution is 2.30. The minimum atomic E-state index is 0.463. The lowest BCUT2D eigenvalue weighted by molar-refractivity contribution is 0.0980. The van der Waals surface area contributed by atoms with Crippen LogP contribution in [0.1, 0.15) is 36.8 Å². The normalized spacial score (nSPS) is 18.8. The third-order valence-electron chi connectivity index (χ3n) is 3.40. The van der Waals surface area contributed by atoms with E-state index in [-0.39, 0.29) is 0 Å². The van der Waals surface area contributed by atoms with E-state index in [2.05, 4.69) is 50.9 Å². The number of hydrogen-bond acceptors (Lipinski definition) is 2. The van der Waals surface area contributed by atoms with Crippen LogP contribution in [0.4, 0.5) is 0 Å². The Hall–Kier alpha value is -0.0600. The summed E-state index contributed by atoms with van der Waals surface area (Å²) in [4.78, 5) is 0. The molecule has 1 aromatic carbocycles. The lowest BCUT2D eigenvalue weighted by atomic mass is 10.1. The number of aryl methyl sites for hydroxylation is 1. The molecule has 0 N–H and O–H groups in total. The second-order valence-electron chi connectivity index (χ2n) is 4.97. The molecule has 1 aliphatic rings. The molecule has 0 bridgehead atoms. The van der Waals surface area contributed by atoms with Gasteiger partial charge in [-0.1, -0.05) is 31.9 Å². The third-order valence-corrected chi connectivity index (χ3v) is 4.46. The molecule has 1 atom stereocenters. The fourth-order valence-electron chi connectivity index (χ4n) is 2.46. The molecule has 0 aromatic heterocycles. The van der Waals surface area contributed by atoms with Crippen molar-refractivity contribution in [3.8, 4) is 5.75 Å². The number of benzene rings is 1. The zero-order valence-corrected chi connectivity index (χ0v) is 14.4. The number of alkyl halides is 1. The first kappa shape index (κ1) is 15.3. The quantitative estimate of drug-likeness (QED) is 0.502. The highest BCUT2D eigenvalue weighted by atomic mass is 79.9. The standard InChI is InChI=1S/C15H20Br2O2/c1-11-8-13(17)9-12(10-16)15(11)19-7-3-5-14-4-2-6-18-14/h8-9,14H,2-7,10H2,1H3. The Morgan fingerprint density at radius 2 is 2.26 bits per heavy atom. The van der Waals surface area contributed by atoms with Crippen LogP contribution in [0.25, 0.3) is 0 Å². The zero-order valence-electron chi connectivity index (χ0n) is 11.3. The van der Waals surface area contributed by atoms with E-state index in [9.17, 15) is 0 Å². The van der Waals surface area contributed by atoms with Gasteiger partial charge in [0.25, 0.3) is 0 Å². The van der Waals surface area contributed by atoms with Gasteiger partial charge in [-0.3, -0.25) is 0 Å².